The molecule has 0 aromatic heterocycles. The molecule has 0 aromatic rings. The van der Waals surface area contributed by atoms with Crippen LogP contribution in [0.25, 0.3) is 0 Å². The highest BCUT2D eigenvalue weighted by molar-refractivity contribution is 5.80. The van der Waals surface area contributed by atoms with Crippen LogP contribution < -0.4 is 5.32 Å². The van der Waals surface area contributed by atoms with E-state index in [4.69, 9.17) is 0 Å². The Morgan fingerprint density at radius 2 is 0.661 bits per heavy atom. The Labute approximate surface area is 386 Å². The third-order valence-electron chi connectivity index (χ3n) is 13.1. The van der Waals surface area contributed by atoms with Gasteiger partial charge in [0.15, 0.2) is 0 Å². The summed E-state index contributed by atoms with van der Waals surface area (Å²) in [5.41, 5.74) is 0. The van der Waals surface area contributed by atoms with Crippen molar-refractivity contribution in [1.82, 2.24) is 5.32 Å². The van der Waals surface area contributed by atoms with Gasteiger partial charge in [-0.05, 0) is 64.2 Å². The van der Waals surface area contributed by atoms with Gasteiger partial charge in [0.05, 0.1) is 18.8 Å². The largest absolute Gasteiger partial charge is 0.394 e. The smallest absolute Gasteiger partial charge is 0.249 e. The monoisotopic (exact) mass is 876 g/mol. The lowest BCUT2D eigenvalue weighted by molar-refractivity contribution is -0.132. The van der Waals surface area contributed by atoms with Gasteiger partial charge in [0.2, 0.25) is 5.91 Å². The molecule has 6 nitrogen and oxygen atoms in total. The van der Waals surface area contributed by atoms with Crippen LogP contribution in [-0.4, -0.2) is 57.3 Å². The number of hydrogen-bond acceptors (Lipinski definition) is 5. The van der Waals surface area contributed by atoms with Crippen molar-refractivity contribution in [2.45, 2.75) is 321 Å². The van der Waals surface area contributed by atoms with Crippen LogP contribution in [0.15, 0.2) is 24.3 Å². The fourth-order valence-electron chi connectivity index (χ4n) is 8.75. The summed E-state index contributed by atoms with van der Waals surface area (Å²) in [7, 11) is 0. The van der Waals surface area contributed by atoms with Crippen molar-refractivity contribution in [2.75, 3.05) is 6.61 Å². The first kappa shape index (κ1) is 60.8. The highest BCUT2D eigenvalue weighted by Crippen LogP contribution is 2.17. The van der Waals surface area contributed by atoms with E-state index in [1.54, 1.807) is 0 Å². The Kier molecular flexibility index (Phi) is 49.8. The molecule has 0 aliphatic rings. The number of aliphatic hydroxyl groups is 4. The fraction of sp³-hybridized carbons (Fsp3) is 0.911. The maximum Gasteiger partial charge on any atom is 0.249 e. The van der Waals surface area contributed by atoms with E-state index in [0.717, 1.165) is 38.5 Å². The number of allylic oxidation sites excluding steroid dienone is 4. The van der Waals surface area contributed by atoms with Crippen LogP contribution in [0, 0.1) is 0 Å². The van der Waals surface area contributed by atoms with Crippen LogP contribution >= 0.6 is 0 Å². The lowest BCUT2D eigenvalue weighted by atomic mass is 10.00. The number of hydrogen-bond donors (Lipinski definition) is 5. The minimum atomic E-state index is -1.28. The zero-order valence-corrected chi connectivity index (χ0v) is 41.6. The third-order valence-corrected chi connectivity index (χ3v) is 13.1. The number of rotatable bonds is 51. The molecule has 62 heavy (non-hydrogen) atoms. The maximum atomic E-state index is 12.5. The van der Waals surface area contributed by atoms with E-state index >= 15 is 0 Å². The van der Waals surface area contributed by atoms with E-state index in [0.29, 0.717) is 12.8 Å². The SMILES string of the molecule is CCCCCCC/C=C/CCCC(O)C(O)C(CO)NC(=O)C(O)CCCCCCCCCCCCCCCCCC/C=C\CCCCCCCCCCCCCCCCCC. The molecule has 6 heteroatoms. The molecule has 0 fully saturated rings. The van der Waals surface area contributed by atoms with Crippen molar-refractivity contribution in [3.05, 3.63) is 24.3 Å². The Hall–Kier alpha value is -1.21. The summed E-state index contributed by atoms with van der Waals surface area (Å²) >= 11 is 0. The van der Waals surface area contributed by atoms with Crippen molar-refractivity contribution >= 4 is 5.91 Å². The van der Waals surface area contributed by atoms with Crippen molar-refractivity contribution in [3.63, 3.8) is 0 Å². The topological polar surface area (TPSA) is 110 Å². The molecule has 0 rings (SSSR count). The molecule has 1 amide bonds. The second-order valence-electron chi connectivity index (χ2n) is 19.3. The van der Waals surface area contributed by atoms with Gasteiger partial charge in [0, 0.05) is 0 Å². The summed E-state index contributed by atoms with van der Waals surface area (Å²) in [6.45, 7) is 4.03. The van der Waals surface area contributed by atoms with Gasteiger partial charge in [-0.2, -0.15) is 0 Å². The molecule has 4 atom stereocenters. The first-order valence-corrected chi connectivity index (χ1v) is 27.7. The van der Waals surface area contributed by atoms with Gasteiger partial charge in [-0.15, -0.1) is 0 Å². The van der Waals surface area contributed by atoms with E-state index in [1.807, 2.05) is 0 Å². The van der Waals surface area contributed by atoms with Crippen molar-refractivity contribution in [1.29, 1.82) is 0 Å². The first-order valence-electron chi connectivity index (χ1n) is 27.7. The molecular formula is C56H109NO5. The quantitative estimate of drug-likeness (QED) is 0.0309. The lowest BCUT2D eigenvalue weighted by Gasteiger charge is -2.27. The summed E-state index contributed by atoms with van der Waals surface area (Å²) in [6.07, 6.45) is 61.4. The molecule has 5 N–H and O–H groups in total. The highest BCUT2D eigenvalue weighted by Gasteiger charge is 2.28. The van der Waals surface area contributed by atoms with Crippen LogP contribution in [0.5, 0.6) is 0 Å². The van der Waals surface area contributed by atoms with Crippen molar-refractivity contribution in [3.8, 4) is 0 Å². The molecular weight excluding hydrogens is 767 g/mol. The molecule has 4 unspecified atom stereocenters. The van der Waals surface area contributed by atoms with Gasteiger partial charge in [-0.1, -0.05) is 256 Å². The van der Waals surface area contributed by atoms with Crippen LogP contribution in [0.2, 0.25) is 0 Å². The number of unbranched alkanes of at least 4 members (excludes halogenated alkanes) is 38. The van der Waals surface area contributed by atoms with Gasteiger partial charge >= 0.3 is 0 Å². The summed E-state index contributed by atoms with van der Waals surface area (Å²) in [5.74, 6) is -0.592. The molecule has 0 heterocycles. The molecule has 368 valence electrons. The van der Waals surface area contributed by atoms with E-state index in [-0.39, 0.29) is 0 Å². The van der Waals surface area contributed by atoms with Gasteiger partial charge in [0.25, 0.3) is 0 Å². The Morgan fingerprint density at radius 3 is 0.968 bits per heavy atom. The average molecular weight is 876 g/mol. The Balaban J connectivity index is 3.50. The maximum absolute atomic E-state index is 12.5. The number of carbonyl (C=O) groups is 1. The predicted octanol–water partition coefficient (Wildman–Crippen LogP) is 15.9. The van der Waals surface area contributed by atoms with E-state index < -0.39 is 36.9 Å². The van der Waals surface area contributed by atoms with Gasteiger partial charge in [-0.25, -0.2) is 0 Å². The Morgan fingerprint density at radius 1 is 0.387 bits per heavy atom. The second-order valence-corrected chi connectivity index (χ2v) is 19.3. The molecule has 0 radical (unpaired) electrons. The minimum absolute atomic E-state index is 0.366. The standard InChI is InChI=1S/C56H109NO5/c1-3-5-7-9-11-13-15-16-17-18-19-20-21-22-23-24-25-26-27-28-29-30-31-32-33-34-35-36-37-38-39-40-42-44-46-48-50-54(60)56(62)57-52(51-58)55(61)53(59)49-47-45-43-41-14-12-10-8-6-4-2/h26-27,41,43,52-55,58-61H,3-25,28-40,42,44-51H2,1-2H3,(H,57,62)/b27-26-,43-41+. The summed E-state index contributed by atoms with van der Waals surface area (Å²) < 4.78 is 0. The molecule has 0 bridgehead atoms. The minimum Gasteiger partial charge on any atom is -0.394 e. The summed E-state index contributed by atoms with van der Waals surface area (Å²) in [5, 5.41) is 43.6. The highest BCUT2D eigenvalue weighted by atomic mass is 16.3. The average Bonchev–Trinajstić information content (AvgIpc) is 3.28. The van der Waals surface area contributed by atoms with Crippen LogP contribution in [0.4, 0.5) is 0 Å². The predicted molar refractivity (Wildman–Crippen MR) is 270 cm³/mol. The second kappa shape index (κ2) is 50.8. The third kappa shape index (κ3) is 44.0. The Bertz CT molecular complexity index is 939. The van der Waals surface area contributed by atoms with Crippen molar-refractivity contribution in [2.24, 2.45) is 0 Å². The molecule has 0 aliphatic carbocycles. The van der Waals surface area contributed by atoms with Crippen LogP contribution in [0.3, 0.4) is 0 Å². The van der Waals surface area contributed by atoms with Crippen LogP contribution in [-0.2, 0) is 4.79 Å². The zero-order valence-electron chi connectivity index (χ0n) is 41.6. The summed E-state index contributed by atoms with van der Waals surface area (Å²) in [6, 6.07) is -0.998. The van der Waals surface area contributed by atoms with Gasteiger partial charge in [-0.3, -0.25) is 4.79 Å². The van der Waals surface area contributed by atoms with Crippen LogP contribution in [0.1, 0.15) is 296 Å². The van der Waals surface area contributed by atoms with Gasteiger partial charge < -0.3 is 25.7 Å². The number of carbonyl (C=O) groups excluding carboxylic acids is 1. The van der Waals surface area contributed by atoms with E-state index in [9.17, 15) is 25.2 Å². The number of nitrogens with one attached hydrogen (secondary N) is 1. The zero-order chi connectivity index (χ0) is 45.2. The number of aliphatic hydroxyl groups excluding tert-OH is 4. The van der Waals surface area contributed by atoms with Gasteiger partial charge in [0.1, 0.15) is 12.2 Å². The fourth-order valence-corrected chi connectivity index (χ4v) is 8.75. The van der Waals surface area contributed by atoms with Crippen molar-refractivity contribution < 1.29 is 25.2 Å². The van der Waals surface area contributed by atoms with E-state index in [2.05, 4.69) is 43.5 Å². The normalized spacial score (nSPS) is 14.0. The molecule has 0 saturated heterocycles. The number of amides is 1. The summed E-state index contributed by atoms with van der Waals surface area (Å²) in [4.78, 5) is 12.5. The molecule has 0 aliphatic heterocycles. The van der Waals surface area contributed by atoms with E-state index in [1.165, 1.54) is 231 Å². The first-order chi connectivity index (χ1) is 30.5. The molecule has 0 spiro atoms. The molecule has 0 aromatic carbocycles. The molecule has 0 saturated carbocycles. The lowest BCUT2D eigenvalue weighted by Crippen LogP contribution is -2.53.